The molecule has 2 heterocycles. The highest BCUT2D eigenvalue weighted by Gasteiger charge is 2.36. The number of hydrogen-bond donors (Lipinski definition) is 2. The van der Waals surface area contributed by atoms with Crippen LogP contribution in [0.3, 0.4) is 0 Å². The molecule has 1 saturated carbocycles. The maximum Gasteiger partial charge on any atom is 0.257 e. The van der Waals surface area contributed by atoms with Crippen molar-refractivity contribution >= 4 is 11.7 Å². The highest BCUT2D eigenvalue weighted by atomic mass is 19.1. The topological polar surface area (TPSA) is 71.2 Å². The number of aromatic nitrogens is 1. The van der Waals surface area contributed by atoms with Crippen LogP contribution in [0.1, 0.15) is 48.9 Å². The first-order valence-electron chi connectivity index (χ1n) is 7.64. The van der Waals surface area contributed by atoms with Crippen molar-refractivity contribution in [3.05, 3.63) is 23.6 Å². The fourth-order valence-corrected chi connectivity index (χ4v) is 3.74. The highest BCUT2D eigenvalue weighted by molar-refractivity contribution is 5.95. The fraction of sp³-hybridized carbons (Fsp3) is 0.600. The van der Waals surface area contributed by atoms with E-state index in [1.54, 1.807) is 0 Å². The van der Waals surface area contributed by atoms with Crippen molar-refractivity contribution in [2.45, 2.75) is 44.6 Å². The smallest absolute Gasteiger partial charge is 0.257 e. The van der Waals surface area contributed by atoms with E-state index >= 15 is 0 Å². The molecule has 0 spiro atoms. The van der Waals surface area contributed by atoms with Crippen LogP contribution in [-0.4, -0.2) is 28.4 Å². The molecule has 0 radical (unpaired) electrons. The number of nitrogens with one attached hydrogen (secondary N) is 1. The zero-order chi connectivity index (χ0) is 14.8. The lowest BCUT2D eigenvalue weighted by atomic mass is 9.78. The van der Waals surface area contributed by atoms with Crippen LogP contribution in [0, 0.1) is 11.7 Å². The number of halogens is 1. The summed E-state index contributed by atoms with van der Waals surface area (Å²) in [4.78, 5) is 18.4. The van der Waals surface area contributed by atoms with Gasteiger partial charge in [0.1, 0.15) is 0 Å². The lowest BCUT2D eigenvalue weighted by molar-refractivity contribution is 0.0386. The number of pyridine rings is 1. The maximum atomic E-state index is 14.2. The van der Waals surface area contributed by atoms with Crippen LogP contribution in [0.15, 0.2) is 12.3 Å². The van der Waals surface area contributed by atoms with Crippen molar-refractivity contribution in [3.63, 3.8) is 0 Å². The molecule has 1 amide bonds. The molecule has 6 heteroatoms. The van der Waals surface area contributed by atoms with E-state index in [4.69, 9.17) is 5.84 Å². The van der Waals surface area contributed by atoms with Crippen molar-refractivity contribution in [2.75, 3.05) is 12.0 Å². The van der Waals surface area contributed by atoms with E-state index in [2.05, 4.69) is 10.4 Å². The summed E-state index contributed by atoms with van der Waals surface area (Å²) in [6.07, 6.45) is 8.21. The van der Waals surface area contributed by atoms with Crippen molar-refractivity contribution in [2.24, 2.45) is 11.8 Å². The second-order valence-corrected chi connectivity index (χ2v) is 5.92. The second kappa shape index (κ2) is 5.97. The molecule has 1 aromatic rings. The van der Waals surface area contributed by atoms with Gasteiger partial charge in [0.25, 0.3) is 5.91 Å². The van der Waals surface area contributed by atoms with Gasteiger partial charge in [0.05, 0.1) is 5.56 Å². The van der Waals surface area contributed by atoms with Crippen LogP contribution in [-0.2, 0) is 0 Å². The Morgan fingerprint density at radius 2 is 2.10 bits per heavy atom. The van der Waals surface area contributed by atoms with Gasteiger partial charge in [-0.25, -0.2) is 15.2 Å². The summed E-state index contributed by atoms with van der Waals surface area (Å²) in [5, 5.41) is 0. The highest BCUT2D eigenvalue weighted by Crippen LogP contribution is 2.36. The molecule has 0 unspecified atom stereocenters. The number of fused-ring (bicyclic) bond motifs is 1. The molecular formula is C15H21FN4O. The van der Waals surface area contributed by atoms with Crippen molar-refractivity contribution in [1.82, 2.24) is 9.88 Å². The first kappa shape index (κ1) is 14.3. The number of nitrogens with zero attached hydrogens (tertiary/aromatic N) is 2. The number of nitrogen functional groups attached to an aromatic ring is 1. The average molecular weight is 292 g/mol. The van der Waals surface area contributed by atoms with Crippen LogP contribution in [0.2, 0.25) is 0 Å². The van der Waals surface area contributed by atoms with E-state index in [0.29, 0.717) is 12.5 Å². The first-order valence-corrected chi connectivity index (χ1v) is 7.64. The Morgan fingerprint density at radius 1 is 1.33 bits per heavy atom. The maximum absolute atomic E-state index is 14.2. The number of rotatable bonds is 2. The molecule has 0 aromatic carbocycles. The molecule has 2 aliphatic rings. The van der Waals surface area contributed by atoms with Gasteiger partial charge in [0.2, 0.25) is 0 Å². The predicted molar refractivity (Wildman–Crippen MR) is 78.0 cm³/mol. The number of anilines is 1. The number of likely N-dealkylation sites (tertiary alicyclic amines) is 1. The SMILES string of the molecule is NNc1nccc(C(=O)N2CCC[C@H]3CCCC[C@H]32)c1F. The number of amides is 1. The summed E-state index contributed by atoms with van der Waals surface area (Å²) in [5.74, 6) is 4.82. The summed E-state index contributed by atoms with van der Waals surface area (Å²) in [6, 6.07) is 1.70. The van der Waals surface area contributed by atoms with Gasteiger partial charge in [-0.15, -0.1) is 0 Å². The third kappa shape index (κ3) is 2.60. The van der Waals surface area contributed by atoms with Gasteiger partial charge in [-0.05, 0) is 37.7 Å². The quantitative estimate of drug-likeness (QED) is 0.648. The van der Waals surface area contributed by atoms with Crippen molar-refractivity contribution in [1.29, 1.82) is 0 Å². The molecular weight excluding hydrogens is 271 g/mol. The lowest BCUT2D eigenvalue weighted by Crippen LogP contribution is -2.49. The van der Waals surface area contributed by atoms with Crippen LogP contribution in [0.5, 0.6) is 0 Å². The van der Waals surface area contributed by atoms with Gasteiger partial charge in [0.15, 0.2) is 11.6 Å². The molecule has 2 atom stereocenters. The summed E-state index contributed by atoms with van der Waals surface area (Å²) in [5.41, 5.74) is 2.25. The number of carbonyl (C=O) groups excluding carboxylic acids is 1. The summed E-state index contributed by atoms with van der Waals surface area (Å²) >= 11 is 0. The van der Waals surface area contributed by atoms with E-state index in [0.717, 1.165) is 19.3 Å². The standard InChI is InChI=1S/C15H21FN4O/c16-13-11(7-8-18-14(13)19-17)15(21)20-9-3-5-10-4-1-2-6-12(10)20/h7-8,10,12H,1-6,9,17H2,(H,18,19)/t10-,12-/m1/s1. The van der Waals surface area contributed by atoms with E-state index < -0.39 is 5.82 Å². The largest absolute Gasteiger partial charge is 0.335 e. The minimum Gasteiger partial charge on any atom is -0.335 e. The average Bonchev–Trinajstić information content (AvgIpc) is 2.54. The summed E-state index contributed by atoms with van der Waals surface area (Å²) in [6.45, 7) is 0.715. The Labute approximate surface area is 123 Å². The number of hydrogen-bond acceptors (Lipinski definition) is 4. The van der Waals surface area contributed by atoms with Crippen LogP contribution < -0.4 is 11.3 Å². The fourth-order valence-electron chi connectivity index (χ4n) is 3.74. The molecule has 21 heavy (non-hydrogen) atoms. The van der Waals surface area contributed by atoms with E-state index in [-0.39, 0.29) is 23.3 Å². The summed E-state index contributed by atoms with van der Waals surface area (Å²) in [7, 11) is 0. The normalized spacial score (nSPS) is 25.3. The summed E-state index contributed by atoms with van der Waals surface area (Å²) < 4.78 is 14.2. The van der Waals surface area contributed by atoms with Gasteiger partial charge >= 0.3 is 0 Å². The molecule has 3 N–H and O–H groups in total. The number of piperidine rings is 1. The second-order valence-electron chi connectivity index (χ2n) is 5.92. The lowest BCUT2D eigenvalue weighted by Gasteiger charge is -2.44. The van der Waals surface area contributed by atoms with Gasteiger partial charge in [-0.2, -0.15) is 0 Å². The molecule has 0 bridgehead atoms. The monoisotopic (exact) mass is 292 g/mol. The Kier molecular flexibility index (Phi) is 4.05. The predicted octanol–water partition coefficient (Wildman–Crippen LogP) is 2.30. The molecule has 1 aromatic heterocycles. The van der Waals surface area contributed by atoms with E-state index in [1.165, 1.54) is 31.5 Å². The molecule has 1 saturated heterocycles. The number of carbonyl (C=O) groups is 1. The number of nitrogens with two attached hydrogens (primary N) is 1. The molecule has 114 valence electrons. The van der Waals surface area contributed by atoms with Crippen LogP contribution >= 0.6 is 0 Å². The van der Waals surface area contributed by atoms with Crippen molar-refractivity contribution < 1.29 is 9.18 Å². The molecule has 3 rings (SSSR count). The minimum atomic E-state index is -0.664. The molecule has 1 aliphatic carbocycles. The van der Waals surface area contributed by atoms with Crippen LogP contribution in [0.4, 0.5) is 10.2 Å². The molecule has 2 fully saturated rings. The molecule has 1 aliphatic heterocycles. The Morgan fingerprint density at radius 3 is 2.90 bits per heavy atom. The zero-order valence-electron chi connectivity index (χ0n) is 12.0. The Balaban J connectivity index is 1.87. The minimum absolute atomic E-state index is 0.0594. The zero-order valence-corrected chi connectivity index (χ0v) is 12.0. The third-order valence-corrected chi connectivity index (χ3v) is 4.76. The van der Waals surface area contributed by atoms with E-state index in [1.807, 2.05) is 4.90 Å². The van der Waals surface area contributed by atoms with Crippen molar-refractivity contribution in [3.8, 4) is 0 Å². The van der Waals surface area contributed by atoms with E-state index in [9.17, 15) is 9.18 Å². The Hall–Kier alpha value is -1.69. The molecule has 5 nitrogen and oxygen atoms in total. The van der Waals surface area contributed by atoms with Gasteiger partial charge in [-0.1, -0.05) is 12.8 Å². The van der Waals surface area contributed by atoms with Gasteiger partial charge < -0.3 is 10.3 Å². The first-order chi connectivity index (χ1) is 10.2. The van der Waals surface area contributed by atoms with Crippen LogP contribution in [0.25, 0.3) is 0 Å². The van der Waals surface area contributed by atoms with Gasteiger partial charge in [0, 0.05) is 18.8 Å². The number of hydrazine groups is 1. The Bertz CT molecular complexity index is 534. The van der Waals surface area contributed by atoms with Gasteiger partial charge in [-0.3, -0.25) is 4.79 Å². The third-order valence-electron chi connectivity index (χ3n) is 4.76.